The van der Waals surface area contributed by atoms with Crippen LogP contribution >= 0.6 is 0 Å². The average Bonchev–Trinajstić information content (AvgIpc) is 2.71. The summed E-state index contributed by atoms with van der Waals surface area (Å²) in [5.74, 6) is -1.99. The van der Waals surface area contributed by atoms with Crippen LogP contribution in [0.3, 0.4) is 0 Å². The Morgan fingerprint density at radius 1 is 1.06 bits per heavy atom. The molecule has 0 saturated carbocycles. The highest BCUT2D eigenvalue weighted by Gasteiger charge is 2.28. The predicted molar refractivity (Wildman–Crippen MR) is 119 cm³/mol. The van der Waals surface area contributed by atoms with E-state index in [-0.39, 0.29) is 35.0 Å². The number of rotatable bonds is 4. The van der Waals surface area contributed by atoms with Crippen molar-refractivity contribution in [2.24, 2.45) is 0 Å². The van der Waals surface area contributed by atoms with Crippen molar-refractivity contribution >= 4 is 21.4 Å². The SMILES string of the molecule is CC(C)(C)Oc1ccc(S(C)(=O)=O)cc1C(=O)N1CCN(c2cc(F)c(C#N)c(F)c2)CC1. The van der Waals surface area contributed by atoms with E-state index in [1.54, 1.807) is 9.80 Å². The van der Waals surface area contributed by atoms with Gasteiger partial charge in [-0.3, -0.25) is 4.79 Å². The fraction of sp³-hybridized carbons (Fsp3) is 0.391. The normalized spacial score (nSPS) is 14.7. The summed E-state index contributed by atoms with van der Waals surface area (Å²) in [5, 5.41) is 8.83. The van der Waals surface area contributed by atoms with Gasteiger partial charge < -0.3 is 14.5 Å². The van der Waals surface area contributed by atoms with E-state index in [0.29, 0.717) is 13.1 Å². The Morgan fingerprint density at radius 2 is 1.64 bits per heavy atom. The van der Waals surface area contributed by atoms with E-state index >= 15 is 0 Å². The summed E-state index contributed by atoms with van der Waals surface area (Å²) < 4.78 is 57.9. The molecule has 33 heavy (non-hydrogen) atoms. The Labute approximate surface area is 192 Å². The van der Waals surface area contributed by atoms with Gasteiger partial charge in [0, 0.05) is 38.1 Å². The molecule has 10 heteroatoms. The maximum absolute atomic E-state index is 14.0. The van der Waals surface area contributed by atoms with E-state index in [2.05, 4.69) is 0 Å². The Bertz CT molecular complexity index is 1200. The number of piperazine rings is 1. The van der Waals surface area contributed by atoms with Crippen LogP contribution in [-0.2, 0) is 9.84 Å². The first-order valence-electron chi connectivity index (χ1n) is 10.3. The highest BCUT2D eigenvalue weighted by Crippen LogP contribution is 2.29. The second-order valence-electron chi connectivity index (χ2n) is 8.82. The molecule has 0 unspecified atom stereocenters. The van der Waals surface area contributed by atoms with Crippen LogP contribution in [-0.4, -0.2) is 57.3 Å². The standard InChI is InChI=1S/C23H25F2N3O4S/c1-23(2,3)32-21-6-5-16(33(4,30)31)13-17(21)22(29)28-9-7-27(8-10-28)15-11-19(24)18(14-26)20(25)12-15/h5-6,11-13H,7-10H2,1-4H3. The first-order chi connectivity index (χ1) is 15.3. The maximum atomic E-state index is 14.0. The first-order valence-corrected chi connectivity index (χ1v) is 12.2. The van der Waals surface area contributed by atoms with E-state index < -0.39 is 38.5 Å². The molecular weight excluding hydrogens is 452 g/mol. The minimum atomic E-state index is -3.54. The van der Waals surface area contributed by atoms with Crippen LogP contribution in [0.25, 0.3) is 0 Å². The van der Waals surface area contributed by atoms with Gasteiger partial charge >= 0.3 is 0 Å². The van der Waals surface area contributed by atoms with Crippen LogP contribution in [0.5, 0.6) is 5.75 Å². The number of carbonyl (C=O) groups excluding carboxylic acids is 1. The quantitative estimate of drug-likeness (QED) is 0.671. The van der Waals surface area contributed by atoms with E-state index in [1.165, 1.54) is 24.3 Å². The molecule has 1 aliphatic rings. The smallest absolute Gasteiger partial charge is 0.257 e. The Morgan fingerprint density at radius 3 is 2.12 bits per heavy atom. The topological polar surface area (TPSA) is 90.7 Å². The van der Waals surface area contributed by atoms with Crippen molar-refractivity contribution in [3.05, 3.63) is 53.1 Å². The minimum absolute atomic E-state index is 0.00859. The molecule has 0 aromatic heterocycles. The van der Waals surface area contributed by atoms with Gasteiger partial charge in [0.15, 0.2) is 9.84 Å². The van der Waals surface area contributed by atoms with Crippen molar-refractivity contribution in [2.75, 3.05) is 37.3 Å². The largest absolute Gasteiger partial charge is 0.487 e. The van der Waals surface area contributed by atoms with Crippen LogP contribution in [0.4, 0.5) is 14.5 Å². The zero-order valence-electron chi connectivity index (χ0n) is 18.9. The number of nitrogens with zero attached hydrogens (tertiary/aromatic N) is 3. The number of amides is 1. The Balaban J connectivity index is 1.84. The molecule has 1 fully saturated rings. The maximum Gasteiger partial charge on any atom is 0.257 e. The van der Waals surface area contributed by atoms with Gasteiger partial charge in [0.05, 0.1) is 10.5 Å². The number of carbonyl (C=O) groups is 1. The number of anilines is 1. The van der Waals surface area contributed by atoms with E-state index in [1.807, 2.05) is 20.8 Å². The summed E-state index contributed by atoms with van der Waals surface area (Å²) in [6, 6.07) is 7.89. The van der Waals surface area contributed by atoms with Crippen LogP contribution in [0.1, 0.15) is 36.7 Å². The molecule has 0 radical (unpaired) electrons. The number of ether oxygens (including phenoxy) is 1. The molecule has 2 aromatic carbocycles. The van der Waals surface area contributed by atoms with Gasteiger partial charge in [-0.25, -0.2) is 17.2 Å². The average molecular weight is 478 g/mol. The molecule has 3 rings (SSSR count). The zero-order chi connectivity index (χ0) is 24.6. The molecule has 1 amide bonds. The van der Waals surface area contributed by atoms with Gasteiger partial charge in [0.2, 0.25) is 0 Å². The summed E-state index contributed by atoms with van der Waals surface area (Å²) in [7, 11) is -3.54. The molecule has 1 saturated heterocycles. The molecule has 0 spiro atoms. The molecule has 0 bridgehead atoms. The van der Waals surface area contributed by atoms with E-state index in [4.69, 9.17) is 10.00 Å². The van der Waals surface area contributed by atoms with Crippen molar-refractivity contribution in [3.63, 3.8) is 0 Å². The van der Waals surface area contributed by atoms with Crippen molar-refractivity contribution in [3.8, 4) is 11.8 Å². The van der Waals surface area contributed by atoms with Crippen molar-refractivity contribution < 1.29 is 26.7 Å². The monoisotopic (exact) mass is 477 g/mol. The molecular formula is C23H25F2N3O4S. The lowest BCUT2D eigenvalue weighted by Crippen LogP contribution is -2.49. The molecule has 1 aliphatic heterocycles. The van der Waals surface area contributed by atoms with E-state index in [0.717, 1.165) is 18.4 Å². The fourth-order valence-corrected chi connectivity index (χ4v) is 4.16. The van der Waals surface area contributed by atoms with Gasteiger partial charge in [0.25, 0.3) is 5.91 Å². The summed E-state index contributed by atoms with van der Waals surface area (Å²) in [6.07, 6.45) is 1.06. The summed E-state index contributed by atoms with van der Waals surface area (Å²) in [4.78, 5) is 16.6. The highest BCUT2D eigenvalue weighted by atomic mass is 32.2. The van der Waals surface area contributed by atoms with Gasteiger partial charge in [-0.1, -0.05) is 0 Å². The summed E-state index contributed by atoms with van der Waals surface area (Å²) >= 11 is 0. The van der Waals surface area contributed by atoms with Gasteiger partial charge in [-0.15, -0.1) is 0 Å². The van der Waals surface area contributed by atoms with Crippen LogP contribution in [0.15, 0.2) is 35.2 Å². The zero-order valence-corrected chi connectivity index (χ0v) is 19.7. The molecule has 7 nitrogen and oxygen atoms in total. The Kier molecular flexibility index (Phi) is 6.65. The number of nitriles is 1. The third-order valence-electron chi connectivity index (χ3n) is 5.10. The predicted octanol–water partition coefficient (Wildman–Crippen LogP) is 3.38. The molecule has 0 atom stereocenters. The lowest BCUT2D eigenvalue weighted by Gasteiger charge is -2.36. The second-order valence-corrected chi connectivity index (χ2v) is 10.8. The molecule has 1 heterocycles. The molecule has 176 valence electrons. The third kappa shape index (κ3) is 5.60. The van der Waals surface area contributed by atoms with Gasteiger partial charge in [-0.2, -0.15) is 5.26 Å². The molecule has 2 aromatic rings. The second kappa shape index (κ2) is 8.98. The Hall–Kier alpha value is -3.19. The van der Waals surface area contributed by atoms with Crippen LogP contribution < -0.4 is 9.64 Å². The third-order valence-corrected chi connectivity index (χ3v) is 6.21. The van der Waals surface area contributed by atoms with Crippen LogP contribution in [0, 0.1) is 23.0 Å². The summed E-state index contributed by atoms with van der Waals surface area (Å²) in [5.41, 5.74) is -0.822. The lowest BCUT2D eigenvalue weighted by atomic mass is 10.1. The van der Waals surface area contributed by atoms with Gasteiger partial charge in [0.1, 0.15) is 34.6 Å². The number of hydrogen-bond donors (Lipinski definition) is 0. The minimum Gasteiger partial charge on any atom is -0.487 e. The number of hydrogen-bond acceptors (Lipinski definition) is 6. The lowest BCUT2D eigenvalue weighted by molar-refractivity contribution is 0.0730. The van der Waals surface area contributed by atoms with E-state index in [9.17, 15) is 22.0 Å². The summed E-state index contributed by atoms with van der Waals surface area (Å²) in [6.45, 7) is 6.57. The van der Waals surface area contributed by atoms with Crippen molar-refractivity contribution in [2.45, 2.75) is 31.3 Å². The van der Waals surface area contributed by atoms with Crippen molar-refractivity contribution in [1.29, 1.82) is 5.26 Å². The van der Waals surface area contributed by atoms with Crippen LogP contribution in [0.2, 0.25) is 0 Å². The van der Waals surface area contributed by atoms with Gasteiger partial charge in [-0.05, 0) is 51.1 Å². The number of benzene rings is 2. The molecule has 0 aliphatic carbocycles. The number of halogens is 2. The first kappa shape index (κ1) is 24.5. The number of sulfone groups is 1. The highest BCUT2D eigenvalue weighted by molar-refractivity contribution is 7.90. The molecule has 0 N–H and O–H groups in total. The fourth-order valence-electron chi connectivity index (χ4n) is 3.51. The van der Waals surface area contributed by atoms with Crippen molar-refractivity contribution in [1.82, 2.24) is 4.90 Å².